The van der Waals surface area contributed by atoms with Crippen LogP contribution in [0.5, 0.6) is 0 Å². The molecule has 4 nitrogen and oxygen atoms in total. The van der Waals surface area contributed by atoms with Gasteiger partial charge in [0.05, 0.1) is 5.69 Å². The van der Waals surface area contributed by atoms with Crippen molar-refractivity contribution in [1.82, 2.24) is 0 Å². The Morgan fingerprint density at radius 3 is 2.46 bits per heavy atom. The monoisotopic (exact) mass is 413 g/mol. The molecule has 1 aromatic heterocycles. The second-order valence-corrected chi connectivity index (χ2v) is 8.37. The van der Waals surface area contributed by atoms with E-state index >= 15 is 0 Å². The second kappa shape index (κ2) is 7.41. The molecule has 2 aromatic carbocycles. The molecule has 0 fully saturated rings. The van der Waals surface area contributed by atoms with Gasteiger partial charge in [0.25, 0.3) is 0 Å². The van der Waals surface area contributed by atoms with Crippen molar-refractivity contribution in [3.63, 3.8) is 0 Å². The van der Waals surface area contributed by atoms with Crippen LogP contribution >= 0.6 is 23.1 Å². The van der Waals surface area contributed by atoms with Crippen molar-refractivity contribution in [2.24, 2.45) is 0 Å². The molecule has 4 rings (SSSR count). The highest BCUT2D eigenvalue weighted by Gasteiger charge is 2.34. The Labute approximate surface area is 169 Å². The predicted octanol–water partition coefficient (Wildman–Crippen LogP) is 5.45. The van der Waals surface area contributed by atoms with E-state index < -0.39 is 11.8 Å². The summed E-state index contributed by atoms with van der Waals surface area (Å²) in [5.41, 5.74) is 2.49. The van der Waals surface area contributed by atoms with Gasteiger partial charge in [-0.1, -0.05) is 24.3 Å². The number of amides is 1. The zero-order valence-corrected chi connectivity index (χ0v) is 16.5. The summed E-state index contributed by atoms with van der Waals surface area (Å²) >= 11 is 2.80. The number of rotatable bonds is 4. The SMILES string of the molecule is CSc1ccc(C2CC(=O)Nc3c2sc(C(=O)O)c3-c2ccc(F)cc2)cc1. The second-order valence-electron chi connectivity index (χ2n) is 6.44. The molecule has 2 N–H and O–H groups in total. The molecular weight excluding hydrogens is 397 g/mol. The number of hydrogen-bond donors (Lipinski definition) is 2. The zero-order valence-electron chi connectivity index (χ0n) is 14.9. The molecule has 3 aromatic rings. The molecular formula is C21H16FNO3S2. The lowest BCUT2D eigenvalue weighted by Gasteiger charge is -2.24. The lowest BCUT2D eigenvalue weighted by molar-refractivity contribution is -0.116. The molecule has 1 amide bonds. The molecule has 2 heterocycles. The van der Waals surface area contributed by atoms with E-state index in [1.54, 1.807) is 11.8 Å². The standard InChI is InChI=1S/C21H16FNO3S2/c1-27-14-8-4-11(5-9-14)15-10-16(24)23-18-17(12-2-6-13(22)7-3-12)20(21(25)26)28-19(15)18/h2-9,15H,10H2,1H3,(H,23,24)(H,25,26). The third-order valence-corrected chi connectivity index (χ3v) is 6.79. The quantitative estimate of drug-likeness (QED) is 0.558. The van der Waals surface area contributed by atoms with Gasteiger partial charge in [-0.05, 0) is 41.6 Å². The maximum absolute atomic E-state index is 13.3. The summed E-state index contributed by atoms with van der Waals surface area (Å²) < 4.78 is 13.3. The molecule has 0 radical (unpaired) electrons. The van der Waals surface area contributed by atoms with Crippen molar-refractivity contribution in [3.05, 3.63) is 69.7 Å². The summed E-state index contributed by atoms with van der Waals surface area (Å²) in [5, 5.41) is 12.6. The number of anilines is 1. The van der Waals surface area contributed by atoms with Crippen LogP contribution in [0.25, 0.3) is 11.1 Å². The van der Waals surface area contributed by atoms with E-state index in [-0.39, 0.29) is 23.1 Å². The zero-order chi connectivity index (χ0) is 19.8. The summed E-state index contributed by atoms with van der Waals surface area (Å²) in [4.78, 5) is 26.4. The minimum absolute atomic E-state index is 0.143. The van der Waals surface area contributed by atoms with Crippen LogP contribution in [0.3, 0.4) is 0 Å². The first-order valence-corrected chi connectivity index (χ1v) is 10.6. The van der Waals surface area contributed by atoms with Gasteiger partial charge in [-0.25, -0.2) is 9.18 Å². The first kappa shape index (κ1) is 18.7. The summed E-state index contributed by atoms with van der Waals surface area (Å²) in [6, 6.07) is 13.6. The van der Waals surface area contributed by atoms with Gasteiger partial charge in [-0.15, -0.1) is 23.1 Å². The van der Waals surface area contributed by atoms with Gasteiger partial charge < -0.3 is 10.4 Å². The van der Waals surface area contributed by atoms with Gasteiger partial charge in [0.2, 0.25) is 5.91 Å². The number of thioether (sulfide) groups is 1. The Morgan fingerprint density at radius 2 is 1.86 bits per heavy atom. The summed E-state index contributed by atoms with van der Waals surface area (Å²) in [6.45, 7) is 0. The smallest absolute Gasteiger partial charge is 0.346 e. The van der Waals surface area contributed by atoms with Crippen molar-refractivity contribution < 1.29 is 19.1 Å². The first-order chi connectivity index (χ1) is 13.5. The largest absolute Gasteiger partial charge is 0.477 e. The third kappa shape index (κ3) is 3.31. The van der Waals surface area contributed by atoms with Crippen LogP contribution in [0.1, 0.15) is 32.5 Å². The molecule has 1 aliphatic rings. The molecule has 0 saturated heterocycles. The molecule has 0 saturated carbocycles. The maximum atomic E-state index is 13.3. The van der Waals surface area contributed by atoms with Crippen LogP contribution < -0.4 is 5.32 Å². The number of carboxylic acid groups (broad SMARTS) is 1. The molecule has 28 heavy (non-hydrogen) atoms. The van der Waals surface area contributed by atoms with E-state index in [1.807, 2.05) is 30.5 Å². The number of halogens is 1. The van der Waals surface area contributed by atoms with Crippen molar-refractivity contribution in [2.45, 2.75) is 17.2 Å². The van der Waals surface area contributed by atoms with Gasteiger partial charge in [-0.3, -0.25) is 4.79 Å². The number of hydrogen-bond acceptors (Lipinski definition) is 4. The Balaban J connectivity index is 1.89. The molecule has 1 atom stereocenters. The van der Waals surface area contributed by atoms with Gasteiger partial charge in [-0.2, -0.15) is 0 Å². The molecule has 0 spiro atoms. The molecule has 0 aliphatic carbocycles. The van der Waals surface area contributed by atoms with E-state index in [0.29, 0.717) is 16.8 Å². The van der Waals surface area contributed by atoms with Crippen molar-refractivity contribution in [1.29, 1.82) is 0 Å². The number of nitrogens with one attached hydrogen (secondary N) is 1. The molecule has 7 heteroatoms. The molecule has 142 valence electrons. The van der Waals surface area contributed by atoms with Crippen LogP contribution in [0.4, 0.5) is 10.1 Å². The van der Waals surface area contributed by atoms with Crippen LogP contribution in [-0.2, 0) is 4.79 Å². The lowest BCUT2D eigenvalue weighted by atomic mass is 9.89. The minimum Gasteiger partial charge on any atom is -0.477 e. The summed E-state index contributed by atoms with van der Waals surface area (Å²) in [7, 11) is 0. The number of carbonyl (C=O) groups is 2. The average molecular weight is 413 g/mol. The van der Waals surface area contributed by atoms with Gasteiger partial charge in [0, 0.05) is 27.7 Å². The Hall–Kier alpha value is -2.64. The van der Waals surface area contributed by atoms with Crippen LogP contribution in [0.2, 0.25) is 0 Å². The normalized spacial score (nSPS) is 15.8. The van der Waals surface area contributed by atoms with Crippen LogP contribution in [0.15, 0.2) is 53.4 Å². The molecule has 0 bridgehead atoms. The van der Waals surface area contributed by atoms with Crippen molar-refractivity contribution in [3.8, 4) is 11.1 Å². The molecule has 1 aliphatic heterocycles. The van der Waals surface area contributed by atoms with E-state index in [0.717, 1.165) is 15.3 Å². The fourth-order valence-electron chi connectivity index (χ4n) is 3.43. The van der Waals surface area contributed by atoms with Gasteiger partial charge in [0.1, 0.15) is 10.7 Å². The first-order valence-electron chi connectivity index (χ1n) is 8.57. The number of fused-ring (bicyclic) bond motifs is 1. The minimum atomic E-state index is -1.07. The number of benzene rings is 2. The average Bonchev–Trinajstić information content (AvgIpc) is 3.07. The van der Waals surface area contributed by atoms with Gasteiger partial charge in [0.15, 0.2) is 0 Å². The van der Waals surface area contributed by atoms with E-state index in [1.165, 1.54) is 35.6 Å². The van der Waals surface area contributed by atoms with E-state index in [4.69, 9.17) is 0 Å². The maximum Gasteiger partial charge on any atom is 0.346 e. The van der Waals surface area contributed by atoms with E-state index in [9.17, 15) is 19.1 Å². The highest BCUT2D eigenvalue weighted by atomic mass is 32.2. The predicted molar refractivity (Wildman–Crippen MR) is 110 cm³/mol. The number of thiophene rings is 1. The number of aromatic carboxylic acids is 1. The topological polar surface area (TPSA) is 66.4 Å². The van der Waals surface area contributed by atoms with Gasteiger partial charge >= 0.3 is 5.97 Å². The number of carboxylic acids is 1. The highest BCUT2D eigenvalue weighted by molar-refractivity contribution is 7.98. The fraction of sp³-hybridized carbons (Fsp3) is 0.143. The summed E-state index contributed by atoms with van der Waals surface area (Å²) in [6.07, 6.45) is 2.25. The van der Waals surface area contributed by atoms with Crippen molar-refractivity contribution >= 4 is 40.7 Å². The molecule has 1 unspecified atom stereocenters. The number of carbonyl (C=O) groups excluding carboxylic acids is 1. The fourth-order valence-corrected chi connectivity index (χ4v) is 5.09. The van der Waals surface area contributed by atoms with Crippen molar-refractivity contribution in [2.75, 3.05) is 11.6 Å². The third-order valence-electron chi connectivity index (χ3n) is 4.75. The van der Waals surface area contributed by atoms with Crippen LogP contribution in [0, 0.1) is 5.82 Å². The Morgan fingerprint density at radius 1 is 1.18 bits per heavy atom. The highest BCUT2D eigenvalue weighted by Crippen LogP contribution is 2.49. The van der Waals surface area contributed by atoms with E-state index in [2.05, 4.69) is 5.32 Å². The summed E-state index contributed by atoms with van der Waals surface area (Å²) in [5.74, 6) is -1.84. The lowest BCUT2D eigenvalue weighted by Crippen LogP contribution is -2.22. The van der Waals surface area contributed by atoms with Crippen LogP contribution in [-0.4, -0.2) is 23.2 Å². The Bertz CT molecular complexity index is 1060. The Kier molecular flexibility index (Phi) is 4.95.